The molecule has 0 saturated heterocycles. The first-order valence-corrected chi connectivity index (χ1v) is 8.16. The van der Waals surface area contributed by atoms with Crippen molar-refractivity contribution in [2.24, 2.45) is 5.10 Å². The van der Waals surface area contributed by atoms with Crippen LogP contribution in [0, 0.1) is 10.1 Å². The van der Waals surface area contributed by atoms with E-state index in [1.165, 1.54) is 24.4 Å². The smallest absolute Gasteiger partial charge is 0.310 e. The Balaban J connectivity index is 1.61. The van der Waals surface area contributed by atoms with E-state index in [4.69, 9.17) is 16.3 Å². The van der Waals surface area contributed by atoms with Crippen molar-refractivity contribution in [3.05, 3.63) is 75.4 Å². The highest BCUT2D eigenvalue weighted by Crippen LogP contribution is 2.25. The highest BCUT2D eigenvalue weighted by atomic mass is 35.5. The first kappa shape index (κ1) is 18.3. The van der Waals surface area contributed by atoms with Gasteiger partial charge in [-0.2, -0.15) is 5.10 Å². The highest BCUT2D eigenvalue weighted by Gasteiger charge is 2.14. The number of hydrogen-bond donors (Lipinski definition) is 1. The van der Waals surface area contributed by atoms with Gasteiger partial charge in [0.25, 0.3) is 5.91 Å². The molecule has 9 heteroatoms. The molecule has 3 aromatic rings. The molecule has 0 saturated carbocycles. The van der Waals surface area contributed by atoms with E-state index in [0.717, 1.165) is 10.9 Å². The van der Waals surface area contributed by atoms with E-state index in [-0.39, 0.29) is 16.6 Å². The number of aromatic nitrogens is 1. The minimum Gasteiger partial charge on any atom is -0.477 e. The fourth-order valence-electron chi connectivity index (χ4n) is 2.28. The molecule has 8 nitrogen and oxygen atoms in total. The molecular weight excluding hydrogens is 372 g/mol. The van der Waals surface area contributed by atoms with Crippen LogP contribution in [0.25, 0.3) is 10.9 Å². The van der Waals surface area contributed by atoms with Crippen molar-refractivity contribution >= 4 is 40.3 Å². The zero-order valence-electron chi connectivity index (χ0n) is 13.8. The predicted octanol–water partition coefficient (Wildman–Crippen LogP) is 3.33. The summed E-state index contributed by atoms with van der Waals surface area (Å²) in [4.78, 5) is 26.4. The third-order valence-electron chi connectivity index (χ3n) is 3.52. The molecule has 0 aliphatic rings. The number of ether oxygens (including phenoxy) is 1. The Kier molecular flexibility index (Phi) is 5.58. The van der Waals surface area contributed by atoms with Crippen LogP contribution in [0.1, 0.15) is 5.56 Å². The van der Waals surface area contributed by atoms with Gasteiger partial charge in [-0.15, -0.1) is 0 Å². The molecule has 1 N–H and O–H groups in total. The second-order valence-corrected chi connectivity index (χ2v) is 5.73. The number of carbonyl (C=O) groups is 1. The summed E-state index contributed by atoms with van der Waals surface area (Å²) in [6, 6.07) is 15.0. The minimum absolute atomic E-state index is 0.00315. The van der Waals surface area contributed by atoms with Crippen LogP contribution in [0.3, 0.4) is 0 Å². The third kappa shape index (κ3) is 4.56. The quantitative estimate of drug-likeness (QED) is 0.303. The van der Waals surface area contributed by atoms with Gasteiger partial charge in [0, 0.05) is 17.0 Å². The van der Waals surface area contributed by atoms with Crippen LogP contribution in [0.15, 0.2) is 59.7 Å². The van der Waals surface area contributed by atoms with Crippen LogP contribution < -0.4 is 10.2 Å². The molecule has 0 aliphatic heterocycles. The summed E-state index contributed by atoms with van der Waals surface area (Å²) in [7, 11) is 0. The Morgan fingerprint density at radius 3 is 2.81 bits per heavy atom. The molecule has 0 unspecified atom stereocenters. The summed E-state index contributed by atoms with van der Waals surface area (Å²) in [5.41, 5.74) is 3.34. The number of nitro groups is 1. The van der Waals surface area contributed by atoms with Crippen molar-refractivity contribution in [1.29, 1.82) is 0 Å². The van der Waals surface area contributed by atoms with Crippen LogP contribution >= 0.6 is 11.6 Å². The molecule has 0 spiro atoms. The van der Waals surface area contributed by atoms with E-state index < -0.39 is 17.4 Å². The van der Waals surface area contributed by atoms with E-state index in [0.29, 0.717) is 5.56 Å². The number of para-hydroxylation sites is 3. The number of hydrazone groups is 1. The van der Waals surface area contributed by atoms with Crippen LogP contribution in [-0.2, 0) is 4.79 Å². The lowest BCUT2D eigenvalue weighted by molar-refractivity contribution is -0.385. The first-order valence-electron chi connectivity index (χ1n) is 7.78. The summed E-state index contributed by atoms with van der Waals surface area (Å²) < 4.78 is 5.18. The number of fused-ring (bicyclic) bond motifs is 1. The Labute approximate surface area is 158 Å². The molecule has 136 valence electrons. The van der Waals surface area contributed by atoms with Gasteiger partial charge in [-0.1, -0.05) is 41.9 Å². The second kappa shape index (κ2) is 8.24. The van der Waals surface area contributed by atoms with Crippen LogP contribution in [-0.4, -0.2) is 28.6 Å². The van der Waals surface area contributed by atoms with Gasteiger partial charge in [-0.05, 0) is 18.2 Å². The van der Waals surface area contributed by atoms with Crippen LogP contribution in [0.4, 0.5) is 5.69 Å². The number of nitro benzene ring substituents is 1. The molecule has 0 aliphatic carbocycles. The number of nitrogens with zero attached hydrogens (tertiary/aromatic N) is 3. The Bertz CT molecular complexity index is 1040. The molecule has 0 atom stereocenters. The average molecular weight is 385 g/mol. The predicted molar refractivity (Wildman–Crippen MR) is 101 cm³/mol. The Morgan fingerprint density at radius 1 is 1.26 bits per heavy atom. The van der Waals surface area contributed by atoms with Crippen molar-refractivity contribution in [1.82, 2.24) is 10.4 Å². The monoisotopic (exact) mass is 384 g/mol. The molecule has 1 heterocycles. The van der Waals surface area contributed by atoms with Crippen LogP contribution in [0.5, 0.6) is 5.75 Å². The maximum Gasteiger partial charge on any atom is 0.310 e. The van der Waals surface area contributed by atoms with E-state index in [1.807, 2.05) is 24.3 Å². The highest BCUT2D eigenvalue weighted by molar-refractivity contribution is 6.32. The van der Waals surface area contributed by atoms with E-state index in [1.54, 1.807) is 12.1 Å². The molecule has 27 heavy (non-hydrogen) atoms. The summed E-state index contributed by atoms with van der Waals surface area (Å²) in [6.07, 6.45) is 1.37. The van der Waals surface area contributed by atoms with Gasteiger partial charge in [-0.3, -0.25) is 14.9 Å². The van der Waals surface area contributed by atoms with E-state index >= 15 is 0 Å². The average Bonchev–Trinajstić information content (AvgIpc) is 2.67. The molecule has 0 radical (unpaired) electrons. The Hall–Kier alpha value is -3.52. The summed E-state index contributed by atoms with van der Waals surface area (Å²) >= 11 is 6.10. The lowest BCUT2D eigenvalue weighted by atomic mass is 10.2. The standard InChI is InChI=1S/C18H13ClN4O4/c19-18-13(9-12-5-1-2-6-14(12)21-18)10-20-22-17(24)11-27-16-8-4-3-7-15(16)23(25)26/h1-10H,11H2,(H,22,24)/b20-10+. The molecule has 3 rings (SSSR count). The number of amides is 1. The second-order valence-electron chi connectivity index (χ2n) is 5.37. The minimum atomic E-state index is -0.583. The van der Waals surface area contributed by atoms with E-state index in [2.05, 4.69) is 15.5 Å². The number of rotatable bonds is 6. The van der Waals surface area contributed by atoms with Crippen molar-refractivity contribution in [2.45, 2.75) is 0 Å². The maximum absolute atomic E-state index is 11.8. The zero-order chi connectivity index (χ0) is 19.2. The summed E-state index contributed by atoms with van der Waals surface area (Å²) in [5, 5.41) is 15.9. The van der Waals surface area contributed by atoms with Gasteiger partial charge < -0.3 is 4.74 Å². The van der Waals surface area contributed by atoms with Crippen molar-refractivity contribution in [2.75, 3.05) is 6.61 Å². The molecule has 0 bridgehead atoms. The molecular formula is C18H13ClN4O4. The van der Waals surface area contributed by atoms with Gasteiger partial charge in [0.05, 0.1) is 16.7 Å². The normalized spacial score (nSPS) is 10.9. The van der Waals surface area contributed by atoms with Crippen LogP contribution in [0.2, 0.25) is 5.15 Å². The first-order chi connectivity index (χ1) is 13.0. The largest absolute Gasteiger partial charge is 0.477 e. The van der Waals surface area contributed by atoms with Crippen molar-refractivity contribution < 1.29 is 14.5 Å². The zero-order valence-corrected chi connectivity index (χ0v) is 14.6. The molecule has 1 amide bonds. The van der Waals surface area contributed by atoms with Gasteiger partial charge in [0.1, 0.15) is 5.15 Å². The number of pyridine rings is 1. The van der Waals surface area contributed by atoms with Crippen molar-refractivity contribution in [3.8, 4) is 5.75 Å². The molecule has 2 aromatic carbocycles. The maximum atomic E-state index is 11.8. The SMILES string of the molecule is O=C(COc1ccccc1[N+](=O)[O-])N/N=C/c1cc2ccccc2nc1Cl. The van der Waals surface area contributed by atoms with Gasteiger partial charge in [0.15, 0.2) is 12.4 Å². The van der Waals surface area contributed by atoms with E-state index in [9.17, 15) is 14.9 Å². The number of hydrogen-bond acceptors (Lipinski definition) is 6. The summed E-state index contributed by atoms with van der Waals surface area (Å²) in [5.74, 6) is -0.572. The lowest BCUT2D eigenvalue weighted by Crippen LogP contribution is -2.24. The molecule has 1 aromatic heterocycles. The third-order valence-corrected chi connectivity index (χ3v) is 3.82. The topological polar surface area (TPSA) is 107 Å². The lowest BCUT2D eigenvalue weighted by Gasteiger charge is -2.05. The molecule has 0 fully saturated rings. The van der Waals surface area contributed by atoms with Crippen molar-refractivity contribution in [3.63, 3.8) is 0 Å². The number of carbonyl (C=O) groups excluding carboxylic acids is 1. The fourth-order valence-corrected chi connectivity index (χ4v) is 2.47. The number of nitrogens with one attached hydrogen (secondary N) is 1. The number of halogens is 1. The van der Waals surface area contributed by atoms with Gasteiger partial charge in [-0.25, -0.2) is 10.4 Å². The summed E-state index contributed by atoms with van der Waals surface area (Å²) in [6.45, 7) is -0.425. The Morgan fingerprint density at radius 2 is 2.00 bits per heavy atom. The van der Waals surface area contributed by atoms with Gasteiger partial charge in [0.2, 0.25) is 0 Å². The fraction of sp³-hybridized carbons (Fsp3) is 0.0556. The number of benzene rings is 2. The van der Waals surface area contributed by atoms with Gasteiger partial charge >= 0.3 is 5.69 Å².